The minimum atomic E-state index is 0.0557. The molecule has 0 aromatic carbocycles. The van der Waals surface area contributed by atoms with Gasteiger partial charge in [0.1, 0.15) is 0 Å². The molecule has 0 bridgehead atoms. The molecule has 0 rings (SSSR count). The molecule has 0 spiro atoms. The third-order valence-corrected chi connectivity index (χ3v) is 2.15. The summed E-state index contributed by atoms with van der Waals surface area (Å²) in [5.41, 5.74) is 0. The molecule has 1 N–H and O–H groups in total. The predicted molar refractivity (Wildman–Crippen MR) is 63.5 cm³/mol. The normalized spacial score (nSPS) is 9.27. The van der Waals surface area contributed by atoms with Crippen LogP contribution in [0.4, 0.5) is 0 Å². The van der Waals surface area contributed by atoms with Gasteiger partial charge < -0.3 is 10.2 Å². The number of hydrogen-bond acceptors (Lipinski definition) is 2. The van der Waals surface area contributed by atoms with Gasteiger partial charge in [0, 0.05) is 14.0 Å². The van der Waals surface area contributed by atoms with Crippen molar-refractivity contribution in [2.75, 3.05) is 26.7 Å². The van der Waals surface area contributed by atoms with E-state index in [0.29, 0.717) is 6.54 Å². The summed E-state index contributed by atoms with van der Waals surface area (Å²) in [5, 5.41) is 3.25. The van der Waals surface area contributed by atoms with Gasteiger partial charge in [0.2, 0.25) is 5.91 Å². The van der Waals surface area contributed by atoms with Crippen molar-refractivity contribution >= 4 is 5.91 Å². The molecule has 86 valence electrons. The van der Waals surface area contributed by atoms with Gasteiger partial charge in [-0.05, 0) is 13.0 Å². The van der Waals surface area contributed by atoms with E-state index in [9.17, 15) is 4.79 Å². The van der Waals surface area contributed by atoms with Crippen LogP contribution in [0, 0.1) is 11.8 Å². The molecule has 0 aliphatic rings. The molecule has 1 amide bonds. The van der Waals surface area contributed by atoms with E-state index < -0.39 is 0 Å². The lowest BCUT2D eigenvalue weighted by Crippen LogP contribution is -2.24. The minimum Gasteiger partial charge on any atom is -0.335 e. The molecular weight excluding hydrogens is 188 g/mol. The fourth-order valence-corrected chi connectivity index (χ4v) is 0.999. The molecule has 0 aliphatic carbocycles. The Kier molecular flexibility index (Phi) is 8.90. The number of amides is 1. The summed E-state index contributed by atoms with van der Waals surface area (Å²) in [6, 6.07) is 0. The molecule has 0 fully saturated rings. The van der Waals surface area contributed by atoms with E-state index in [1.165, 1.54) is 19.3 Å². The fraction of sp³-hybridized carbons (Fsp3) is 0.750. The highest BCUT2D eigenvalue weighted by atomic mass is 16.2. The SMILES string of the molecule is CCCCCNCC#CCN(C)C(C)=O. The van der Waals surface area contributed by atoms with Crippen molar-refractivity contribution in [1.82, 2.24) is 10.2 Å². The Balaban J connectivity index is 3.35. The van der Waals surface area contributed by atoms with Crippen LogP contribution in [0.15, 0.2) is 0 Å². The van der Waals surface area contributed by atoms with Crippen molar-refractivity contribution in [2.24, 2.45) is 0 Å². The fourth-order valence-electron chi connectivity index (χ4n) is 0.999. The first-order valence-corrected chi connectivity index (χ1v) is 5.56. The lowest BCUT2D eigenvalue weighted by molar-refractivity contribution is -0.126. The summed E-state index contributed by atoms with van der Waals surface area (Å²) in [6.45, 7) is 6.01. The van der Waals surface area contributed by atoms with Crippen molar-refractivity contribution in [3.8, 4) is 11.8 Å². The van der Waals surface area contributed by atoms with Crippen molar-refractivity contribution in [3.63, 3.8) is 0 Å². The number of hydrogen-bond donors (Lipinski definition) is 1. The van der Waals surface area contributed by atoms with E-state index in [4.69, 9.17) is 0 Å². The van der Waals surface area contributed by atoms with Crippen LogP contribution >= 0.6 is 0 Å². The Hall–Kier alpha value is -1.01. The van der Waals surface area contributed by atoms with Crippen molar-refractivity contribution in [3.05, 3.63) is 0 Å². The van der Waals surface area contributed by atoms with Crippen molar-refractivity contribution in [2.45, 2.75) is 33.1 Å². The van der Waals surface area contributed by atoms with Crippen LogP contribution < -0.4 is 5.32 Å². The highest BCUT2D eigenvalue weighted by Crippen LogP contribution is 1.90. The molecule has 0 radical (unpaired) electrons. The molecule has 0 unspecified atom stereocenters. The van der Waals surface area contributed by atoms with E-state index >= 15 is 0 Å². The van der Waals surface area contributed by atoms with Crippen LogP contribution in [0.1, 0.15) is 33.1 Å². The maximum Gasteiger partial charge on any atom is 0.219 e. The lowest BCUT2D eigenvalue weighted by Gasteiger charge is -2.09. The molecule has 0 saturated heterocycles. The smallest absolute Gasteiger partial charge is 0.219 e. The third-order valence-electron chi connectivity index (χ3n) is 2.15. The summed E-state index contributed by atoms with van der Waals surface area (Å²) in [5.74, 6) is 6.00. The van der Waals surface area contributed by atoms with Crippen LogP contribution in [0.25, 0.3) is 0 Å². The zero-order chi connectivity index (χ0) is 11.5. The number of nitrogens with one attached hydrogen (secondary N) is 1. The van der Waals surface area contributed by atoms with Gasteiger partial charge in [-0.25, -0.2) is 0 Å². The topological polar surface area (TPSA) is 32.3 Å². The highest BCUT2D eigenvalue weighted by Gasteiger charge is 1.96. The van der Waals surface area contributed by atoms with Crippen LogP contribution in [-0.4, -0.2) is 37.5 Å². The zero-order valence-electron chi connectivity index (χ0n) is 10.1. The molecule has 0 aliphatic heterocycles. The Morgan fingerprint density at radius 2 is 2.07 bits per heavy atom. The third kappa shape index (κ3) is 9.30. The Morgan fingerprint density at radius 1 is 1.33 bits per heavy atom. The average Bonchev–Trinajstić information content (AvgIpc) is 2.21. The number of unbranched alkanes of at least 4 members (excludes halogenated alkanes) is 2. The summed E-state index contributed by atoms with van der Waals surface area (Å²) in [4.78, 5) is 12.4. The Bertz CT molecular complexity index is 228. The van der Waals surface area contributed by atoms with Crippen molar-refractivity contribution < 1.29 is 4.79 Å². The quantitative estimate of drug-likeness (QED) is 0.528. The standard InChI is InChI=1S/C12H22N2O/c1-4-5-6-9-13-10-7-8-11-14(3)12(2)15/h13H,4-6,9-11H2,1-3H3. The molecular formula is C12H22N2O. The first kappa shape index (κ1) is 14.0. The number of nitrogens with zero attached hydrogens (tertiary/aromatic N) is 1. The largest absolute Gasteiger partial charge is 0.335 e. The monoisotopic (exact) mass is 210 g/mol. The Morgan fingerprint density at radius 3 is 2.67 bits per heavy atom. The van der Waals surface area contributed by atoms with Crippen LogP contribution in [-0.2, 0) is 4.79 Å². The van der Waals surface area contributed by atoms with Crippen molar-refractivity contribution in [1.29, 1.82) is 0 Å². The maximum atomic E-state index is 10.8. The van der Waals surface area contributed by atoms with Gasteiger partial charge in [0.15, 0.2) is 0 Å². The van der Waals surface area contributed by atoms with Gasteiger partial charge >= 0.3 is 0 Å². The molecule has 0 aromatic rings. The van der Waals surface area contributed by atoms with Crippen LogP contribution in [0.3, 0.4) is 0 Å². The van der Waals surface area contributed by atoms with Crippen LogP contribution in [0.2, 0.25) is 0 Å². The molecule has 3 heteroatoms. The van der Waals surface area contributed by atoms with Gasteiger partial charge in [-0.1, -0.05) is 31.6 Å². The summed E-state index contributed by atoms with van der Waals surface area (Å²) in [7, 11) is 1.76. The predicted octanol–water partition coefficient (Wildman–Crippen LogP) is 1.25. The van der Waals surface area contributed by atoms with Crippen LogP contribution in [0.5, 0.6) is 0 Å². The molecule has 15 heavy (non-hydrogen) atoms. The summed E-state index contributed by atoms with van der Waals surface area (Å²) >= 11 is 0. The second kappa shape index (κ2) is 9.54. The molecule has 0 atom stereocenters. The van der Waals surface area contributed by atoms with E-state index in [1.54, 1.807) is 18.9 Å². The second-order valence-corrected chi connectivity index (χ2v) is 3.61. The Labute approximate surface area is 93.2 Å². The highest BCUT2D eigenvalue weighted by molar-refractivity contribution is 5.73. The minimum absolute atomic E-state index is 0.0557. The van der Waals surface area contributed by atoms with Gasteiger partial charge in [-0.15, -0.1) is 0 Å². The number of rotatable bonds is 6. The van der Waals surface area contributed by atoms with Gasteiger partial charge in [-0.3, -0.25) is 4.79 Å². The van der Waals surface area contributed by atoms with E-state index in [1.807, 2.05) is 0 Å². The lowest BCUT2D eigenvalue weighted by atomic mass is 10.2. The molecule has 3 nitrogen and oxygen atoms in total. The van der Waals surface area contributed by atoms with Gasteiger partial charge in [0.25, 0.3) is 0 Å². The molecule has 0 saturated carbocycles. The summed E-state index contributed by atoms with van der Waals surface area (Å²) < 4.78 is 0. The summed E-state index contributed by atoms with van der Waals surface area (Å²) in [6.07, 6.45) is 3.73. The van der Waals surface area contributed by atoms with E-state index in [-0.39, 0.29) is 5.91 Å². The maximum absolute atomic E-state index is 10.8. The number of carbonyl (C=O) groups is 1. The first-order chi connectivity index (χ1) is 7.18. The number of carbonyl (C=O) groups excluding carboxylic acids is 1. The first-order valence-electron chi connectivity index (χ1n) is 5.56. The zero-order valence-corrected chi connectivity index (χ0v) is 10.1. The molecule has 0 aromatic heterocycles. The van der Waals surface area contributed by atoms with E-state index in [0.717, 1.165) is 13.1 Å². The van der Waals surface area contributed by atoms with Gasteiger partial charge in [-0.2, -0.15) is 0 Å². The average molecular weight is 210 g/mol. The van der Waals surface area contributed by atoms with E-state index in [2.05, 4.69) is 24.1 Å². The van der Waals surface area contributed by atoms with Gasteiger partial charge in [0.05, 0.1) is 13.1 Å². The molecule has 0 heterocycles. The second-order valence-electron chi connectivity index (χ2n) is 3.61.